The van der Waals surface area contributed by atoms with Gasteiger partial charge in [0, 0.05) is 11.1 Å². The van der Waals surface area contributed by atoms with Gasteiger partial charge < -0.3 is 10.2 Å². The number of aryl methyl sites for hydroxylation is 1. The van der Waals surface area contributed by atoms with Crippen LogP contribution in [0.5, 0.6) is 0 Å². The molecule has 0 atom stereocenters. The van der Waals surface area contributed by atoms with Crippen LogP contribution in [0.3, 0.4) is 0 Å². The van der Waals surface area contributed by atoms with Crippen molar-refractivity contribution in [2.45, 2.75) is 31.7 Å². The molecule has 27 heavy (non-hydrogen) atoms. The Morgan fingerprint density at radius 3 is 2.37 bits per heavy atom. The normalized spacial score (nSPS) is 15.6. The summed E-state index contributed by atoms with van der Waals surface area (Å²) in [5.41, 5.74) is 12.8. The number of fused-ring (bicyclic) bond motifs is 1. The summed E-state index contributed by atoms with van der Waals surface area (Å²) in [6, 6.07) is 18.7. The molecule has 0 radical (unpaired) electrons. The van der Waals surface area contributed by atoms with E-state index in [4.69, 9.17) is 15.1 Å². The smallest absolute Gasteiger partial charge is 0.246 e. The molecule has 0 amide bonds. The number of hydrogen-bond acceptors (Lipinski definition) is 4. The van der Waals surface area contributed by atoms with E-state index in [1.165, 1.54) is 12.0 Å². The average molecular weight is 355 g/mol. The van der Waals surface area contributed by atoms with E-state index in [0.29, 0.717) is 5.71 Å². The van der Waals surface area contributed by atoms with Crippen LogP contribution < -0.4 is 5.73 Å². The number of rotatable bonds is 3. The molecule has 1 aliphatic rings. The first-order valence-electron chi connectivity index (χ1n) is 9.35. The highest BCUT2D eigenvalue weighted by atomic mass is 16.3. The van der Waals surface area contributed by atoms with Gasteiger partial charge >= 0.3 is 0 Å². The molecule has 1 fully saturated rings. The van der Waals surface area contributed by atoms with Gasteiger partial charge in [-0.05, 0) is 37.3 Å². The molecule has 134 valence electrons. The SMILES string of the molecule is Cc1cnc2oc(-c3ccc(C4(N)CCC4)cc3)c(-c3ccccc3)c2n1. The molecule has 0 unspecified atom stereocenters. The van der Waals surface area contributed by atoms with Crippen molar-refractivity contribution < 1.29 is 4.42 Å². The van der Waals surface area contributed by atoms with Gasteiger partial charge in [0.25, 0.3) is 0 Å². The summed E-state index contributed by atoms with van der Waals surface area (Å²) in [7, 11) is 0. The minimum absolute atomic E-state index is 0.158. The lowest BCUT2D eigenvalue weighted by molar-refractivity contribution is 0.253. The van der Waals surface area contributed by atoms with Crippen LogP contribution >= 0.6 is 0 Å². The Morgan fingerprint density at radius 2 is 1.70 bits per heavy atom. The zero-order valence-corrected chi connectivity index (χ0v) is 15.3. The van der Waals surface area contributed by atoms with E-state index in [-0.39, 0.29) is 5.54 Å². The highest BCUT2D eigenvalue weighted by Gasteiger charge is 2.34. The highest BCUT2D eigenvalue weighted by Crippen LogP contribution is 2.42. The van der Waals surface area contributed by atoms with Crippen molar-refractivity contribution in [3.8, 4) is 22.5 Å². The van der Waals surface area contributed by atoms with Crippen molar-refractivity contribution in [1.29, 1.82) is 0 Å². The number of hydrogen-bond donors (Lipinski definition) is 1. The number of furan rings is 1. The quantitative estimate of drug-likeness (QED) is 0.548. The van der Waals surface area contributed by atoms with Gasteiger partial charge in [0.15, 0.2) is 0 Å². The first-order valence-corrected chi connectivity index (χ1v) is 9.35. The van der Waals surface area contributed by atoms with Gasteiger partial charge in [0.05, 0.1) is 17.5 Å². The summed E-state index contributed by atoms with van der Waals surface area (Å²) < 4.78 is 6.16. The predicted molar refractivity (Wildman–Crippen MR) is 107 cm³/mol. The summed E-state index contributed by atoms with van der Waals surface area (Å²) >= 11 is 0. The highest BCUT2D eigenvalue weighted by molar-refractivity contribution is 5.98. The molecule has 1 saturated carbocycles. The first kappa shape index (κ1) is 16.2. The molecule has 0 aliphatic heterocycles. The Morgan fingerprint density at radius 1 is 0.963 bits per heavy atom. The molecule has 1 aliphatic carbocycles. The molecule has 0 spiro atoms. The second kappa shape index (κ2) is 6.03. The van der Waals surface area contributed by atoms with Crippen LogP contribution in [-0.4, -0.2) is 9.97 Å². The van der Waals surface area contributed by atoms with Crippen molar-refractivity contribution in [1.82, 2.24) is 9.97 Å². The fourth-order valence-electron chi connectivity index (χ4n) is 3.83. The molecule has 2 heterocycles. The lowest BCUT2D eigenvalue weighted by atomic mass is 9.72. The minimum atomic E-state index is -0.158. The maximum Gasteiger partial charge on any atom is 0.246 e. The minimum Gasteiger partial charge on any atom is -0.436 e. The molecule has 2 aromatic heterocycles. The van der Waals surface area contributed by atoms with Gasteiger partial charge in [-0.3, -0.25) is 0 Å². The molecule has 5 rings (SSSR count). The van der Waals surface area contributed by atoms with Gasteiger partial charge in [-0.1, -0.05) is 54.6 Å². The molecule has 0 bridgehead atoms. The van der Waals surface area contributed by atoms with Crippen LogP contribution in [0.15, 0.2) is 65.2 Å². The van der Waals surface area contributed by atoms with Crippen LogP contribution in [0, 0.1) is 6.92 Å². The van der Waals surface area contributed by atoms with Gasteiger partial charge in [-0.25, -0.2) is 9.97 Å². The van der Waals surface area contributed by atoms with Gasteiger partial charge in [-0.15, -0.1) is 0 Å². The summed E-state index contributed by atoms with van der Waals surface area (Å²) in [6.07, 6.45) is 5.05. The van der Waals surface area contributed by atoms with Crippen molar-refractivity contribution in [2.24, 2.45) is 5.73 Å². The van der Waals surface area contributed by atoms with Crippen LogP contribution in [0.4, 0.5) is 0 Å². The van der Waals surface area contributed by atoms with Gasteiger partial charge in [0.1, 0.15) is 11.3 Å². The molecule has 0 saturated heterocycles. The number of nitrogens with two attached hydrogens (primary N) is 1. The second-order valence-corrected chi connectivity index (χ2v) is 7.42. The lowest BCUT2D eigenvalue weighted by Crippen LogP contribution is -2.43. The Bertz CT molecular complexity index is 1110. The van der Waals surface area contributed by atoms with Crippen molar-refractivity contribution in [3.05, 3.63) is 72.1 Å². The van der Waals surface area contributed by atoms with E-state index in [0.717, 1.165) is 46.5 Å². The van der Waals surface area contributed by atoms with Crippen molar-refractivity contribution in [2.75, 3.05) is 0 Å². The summed E-state index contributed by atoms with van der Waals surface area (Å²) in [5.74, 6) is 0.799. The van der Waals surface area contributed by atoms with Gasteiger partial charge in [-0.2, -0.15) is 0 Å². The van der Waals surface area contributed by atoms with Crippen LogP contribution in [-0.2, 0) is 5.54 Å². The van der Waals surface area contributed by atoms with Crippen LogP contribution in [0.25, 0.3) is 33.7 Å². The molecule has 2 aromatic carbocycles. The van der Waals surface area contributed by atoms with Crippen LogP contribution in [0.2, 0.25) is 0 Å². The molecular weight excluding hydrogens is 334 g/mol. The summed E-state index contributed by atoms with van der Waals surface area (Å²) in [5, 5.41) is 0. The van der Waals surface area contributed by atoms with E-state index in [1.807, 2.05) is 25.1 Å². The van der Waals surface area contributed by atoms with Gasteiger partial charge in [0.2, 0.25) is 5.71 Å². The molecular formula is C23H21N3O. The second-order valence-electron chi connectivity index (χ2n) is 7.42. The zero-order chi connectivity index (χ0) is 18.4. The van der Waals surface area contributed by atoms with E-state index in [1.54, 1.807) is 6.20 Å². The molecule has 4 nitrogen and oxygen atoms in total. The van der Waals surface area contributed by atoms with E-state index in [9.17, 15) is 0 Å². The number of aromatic nitrogens is 2. The summed E-state index contributed by atoms with van der Waals surface area (Å²) in [4.78, 5) is 9.14. The fourth-order valence-corrected chi connectivity index (χ4v) is 3.83. The zero-order valence-electron chi connectivity index (χ0n) is 15.3. The van der Waals surface area contributed by atoms with E-state index in [2.05, 4.69) is 41.4 Å². The maximum absolute atomic E-state index is 6.47. The third-order valence-electron chi connectivity index (χ3n) is 5.55. The number of benzene rings is 2. The monoisotopic (exact) mass is 355 g/mol. The van der Waals surface area contributed by atoms with Crippen LogP contribution in [0.1, 0.15) is 30.5 Å². The fraction of sp³-hybridized carbons (Fsp3) is 0.217. The average Bonchev–Trinajstić information content (AvgIpc) is 3.05. The Kier molecular flexibility index (Phi) is 3.62. The predicted octanol–water partition coefficient (Wildman–Crippen LogP) is 5.20. The Balaban J connectivity index is 1.69. The van der Waals surface area contributed by atoms with Crippen molar-refractivity contribution in [3.63, 3.8) is 0 Å². The topological polar surface area (TPSA) is 64.9 Å². The third-order valence-corrected chi connectivity index (χ3v) is 5.55. The molecule has 4 heteroatoms. The first-order chi connectivity index (χ1) is 13.1. The van der Waals surface area contributed by atoms with E-state index < -0.39 is 0 Å². The molecule has 4 aromatic rings. The Labute approximate surface area is 158 Å². The third kappa shape index (κ3) is 2.64. The Hall–Kier alpha value is -2.98. The number of nitrogens with zero attached hydrogens (tertiary/aromatic N) is 2. The largest absolute Gasteiger partial charge is 0.436 e. The standard InChI is InChI=1S/C23H21N3O/c1-15-14-25-22-20(26-15)19(16-6-3-2-4-7-16)21(27-22)17-8-10-18(11-9-17)23(24)12-5-13-23/h2-4,6-11,14H,5,12-13,24H2,1H3. The summed E-state index contributed by atoms with van der Waals surface area (Å²) in [6.45, 7) is 1.95. The molecule has 2 N–H and O–H groups in total. The van der Waals surface area contributed by atoms with E-state index >= 15 is 0 Å². The maximum atomic E-state index is 6.47. The van der Waals surface area contributed by atoms with Crippen molar-refractivity contribution >= 4 is 11.2 Å². The lowest BCUT2D eigenvalue weighted by Gasteiger charge is -2.38.